The fourth-order valence-electron chi connectivity index (χ4n) is 3.31. The molecule has 0 bridgehead atoms. The number of rotatable bonds is 6. The second-order valence-corrected chi connectivity index (χ2v) is 6.53. The van der Waals surface area contributed by atoms with Crippen LogP contribution < -0.4 is 9.64 Å². The number of β-lactam (4-membered cyclic amide) rings is 1. The molecule has 0 saturated carbocycles. The van der Waals surface area contributed by atoms with Crippen molar-refractivity contribution in [1.82, 2.24) is 9.97 Å². The summed E-state index contributed by atoms with van der Waals surface area (Å²) in [5.74, 6) is -3.08. The topological polar surface area (TPSA) is 78.5 Å². The first-order chi connectivity index (χ1) is 13.9. The van der Waals surface area contributed by atoms with E-state index in [0.29, 0.717) is 16.7 Å². The average Bonchev–Trinajstić information content (AvgIpc) is 3.14. The SMILES string of the molecule is O=C1[C@@H](O)[C@@H](c2c(F)cc(OCCC(F)F)cc2F)N1c1ccc2[nH]cnc2c1. The molecule has 3 aromatic rings. The van der Waals surface area contributed by atoms with Crippen LogP contribution in [-0.4, -0.2) is 40.1 Å². The number of fused-ring (bicyclic) bond motifs is 1. The van der Waals surface area contributed by atoms with Crippen molar-refractivity contribution < 1.29 is 32.2 Å². The molecule has 2 N–H and O–H groups in total. The lowest BCUT2D eigenvalue weighted by atomic mass is 9.89. The lowest BCUT2D eigenvalue weighted by Crippen LogP contribution is -2.59. The fraction of sp³-hybridized carbons (Fsp3) is 0.263. The van der Waals surface area contributed by atoms with Gasteiger partial charge in [-0.2, -0.15) is 0 Å². The van der Waals surface area contributed by atoms with E-state index in [1.165, 1.54) is 6.33 Å². The molecule has 29 heavy (non-hydrogen) atoms. The van der Waals surface area contributed by atoms with Crippen molar-refractivity contribution in [2.75, 3.05) is 11.5 Å². The zero-order chi connectivity index (χ0) is 20.7. The molecule has 0 radical (unpaired) electrons. The van der Waals surface area contributed by atoms with Gasteiger partial charge >= 0.3 is 0 Å². The molecule has 4 rings (SSSR count). The van der Waals surface area contributed by atoms with Crippen LogP contribution in [0.2, 0.25) is 0 Å². The molecule has 0 aliphatic carbocycles. The molecule has 2 heterocycles. The first-order valence-corrected chi connectivity index (χ1v) is 8.71. The van der Waals surface area contributed by atoms with E-state index in [1.54, 1.807) is 18.2 Å². The van der Waals surface area contributed by atoms with Gasteiger partial charge in [0.15, 0.2) is 6.10 Å². The predicted octanol–water partition coefficient (Wildman–Crippen LogP) is 3.32. The van der Waals surface area contributed by atoms with Crippen molar-refractivity contribution in [3.63, 3.8) is 0 Å². The number of halogens is 4. The fourth-order valence-corrected chi connectivity index (χ4v) is 3.31. The number of H-pyrrole nitrogens is 1. The van der Waals surface area contributed by atoms with E-state index < -0.39 is 54.7 Å². The minimum absolute atomic E-state index is 0.256. The summed E-state index contributed by atoms with van der Waals surface area (Å²) in [5.41, 5.74) is 1.06. The summed E-state index contributed by atoms with van der Waals surface area (Å²) in [6.45, 7) is -0.407. The summed E-state index contributed by atoms with van der Waals surface area (Å²) >= 11 is 0. The van der Waals surface area contributed by atoms with Gasteiger partial charge in [-0.05, 0) is 18.2 Å². The maximum atomic E-state index is 14.6. The van der Waals surface area contributed by atoms with Crippen LogP contribution in [0, 0.1) is 11.6 Å². The van der Waals surface area contributed by atoms with Crippen molar-refractivity contribution in [1.29, 1.82) is 0 Å². The maximum absolute atomic E-state index is 14.6. The van der Waals surface area contributed by atoms with E-state index in [2.05, 4.69) is 9.97 Å². The third-order valence-electron chi connectivity index (χ3n) is 4.70. The molecule has 1 saturated heterocycles. The summed E-state index contributed by atoms with van der Waals surface area (Å²) in [4.78, 5) is 20.3. The highest BCUT2D eigenvalue weighted by Crippen LogP contribution is 2.42. The number of anilines is 1. The Labute approximate surface area is 161 Å². The number of hydrogen-bond donors (Lipinski definition) is 2. The van der Waals surface area contributed by atoms with Crippen LogP contribution in [0.1, 0.15) is 18.0 Å². The molecule has 152 valence electrons. The van der Waals surface area contributed by atoms with Crippen LogP contribution in [0.3, 0.4) is 0 Å². The van der Waals surface area contributed by atoms with Crippen molar-refractivity contribution in [2.24, 2.45) is 0 Å². The zero-order valence-corrected chi connectivity index (χ0v) is 14.8. The second-order valence-electron chi connectivity index (χ2n) is 6.53. The number of aliphatic hydroxyl groups is 1. The summed E-state index contributed by atoms with van der Waals surface area (Å²) in [7, 11) is 0. The first kappa shape index (κ1) is 19.2. The number of aromatic nitrogens is 2. The van der Waals surface area contributed by atoms with Crippen molar-refractivity contribution in [3.05, 3.63) is 53.9 Å². The van der Waals surface area contributed by atoms with Crippen LogP contribution in [0.15, 0.2) is 36.7 Å². The number of amides is 1. The quantitative estimate of drug-likeness (QED) is 0.484. The lowest BCUT2D eigenvalue weighted by molar-refractivity contribution is -0.137. The van der Waals surface area contributed by atoms with Crippen molar-refractivity contribution in [3.8, 4) is 5.75 Å². The summed E-state index contributed by atoms with van der Waals surface area (Å²) in [6, 6.07) is 5.17. The van der Waals surface area contributed by atoms with Gasteiger partial charge in [0.25, 0.3) is 5.91 Å². The smallest absolute Gasteiger partial charge is 0.259 e. The number of alkyl halides is 2. The number of aromatic amines is 1. The van der Waals surface area contributed by atoms with Gasteiger partial charge in [-0.15, -0.1) is 0 Å². The summed E-state index contributed by atoms with van der Waals surface area (Å²) in [6.07, 6.45) is -3.34. The number of nitrogens with one attached hydrogen (secondary N) is 1. The molecular weight excluding hydrogens is 394 g/mol. The molecule has 1 fully saturated rings. The highest BCUT2D eigenvalue weighted by molar-refractivity contribution is 6.05. The Kier molecular flexibility index (Phi) is 4.87. The number of ether oxygens (including phenoxy) is 1. The van der Waals surface area contributed by atoms with E-state index >= 15 is 0 Å². The van der Waals surface area contributed by atoms with Gasteiger partial charge in [0, 0.05) is 29.8 Å². The summed E-state index contributed by atoms with van der Waals surface area (Å²) in [5, 5.41) is 10.1. The van der Waals surface area contributed by atoms with E-state index in [-0.39, 0.29) is 5.75 Å². The van der Waals surface area contributed by atoms with E-state index in [9.17, 15) is 27.5 Å². The van der Waals surface area contributed by atoms with E-state index in [4.69, 9.17) is 4.74 Å². The highest BCUT2D eigenvalue weighted by Gasteiger charge is 2.50. The van der Waals surface area contributed by atoms with E-state index in [1.807, 2.05) is 0 Å². The molecule has 2 atom stereocenters. The molecule has 2 aromatic carbocycles. The maximum Gasteiger partial charge on any atom is 0.259 e. The van der Waals surface area contributed by atoms with Gasteiger partial charge in [0.1, 0.15) is 23.4 Å². The Bertz CT molecular complexity index is 1050. The van der Waals surface area contributed by atoms with Gasteiger partial charge in [-0.1, -0.05) is 0 Å². The van der Waals surface area contributed by atoms with Gasteiger partial charge in [-0.25, -0.2) is 22.5 Å². The molecule has 1 aliphatic heterocycles. The number of carbonyl (C=O) groups excluding carboxylic acids is 1. The number of benzene rings is 2. The Morgan fingerprint density at radius 3 is 2.62 bits per heavy atom. The van der Waals surface area contributed by atoms with Gasteiger partial charge in [-0.3, -0.25) is 9.69 Å². The second kappa shape index (κ2) is 7.36. The van der Waals surface area contributed by atoms with Crippen LogP contribution in [0.5, 0.6) is 5.75 Å². The molecule has 1 amide bonds. The van der Waals surface area contributed by atoms with Crippen LogP contribution >= 0.6 is 0 Å². The normalized spacial score (nSPS) is 19.1. The Morgan fingerprint density at radius 1 is 1.21 bits per heavy atom. The van der Waals surface area contributed by atoms with Crippen LogP contribution in [0.25, 0.3) is 11.0 Å². The largest absolute Gasteiger partial charge is 0.493 e. The average molecular weight is 409 g/mol. The monoisotopic (exact) mass is 409 g/mol. The van der Waals surface area contributed by atoms with Crippen molar-refractivity contribution >= 4 is 22.6 Å². The lowest BCUT2D eigenvalue weighted by Gasteiger charge is -2.44. The number of carbonyl (C=O) groups is 1. The van der Waals surface area contributed by atoms with Gasteiger partial charge in [0.05, 0.1) is 24.0 Å². The number of nitrogens with zero attached hydrogens (tertiary/aromatic N) is 2. The third kappa shape index (κ3) is 3.39. The standard InChI is InChI=1S/C19H15F4N3O3/c20-11-6-10(29-4-3-15(22)23)7-12(21)16(11)17-18(27)19(28)26(17)9-1-2-13-14(5-9)25-8-24-13/h1-2,5-8,15,17-18,27H,3-4H2,(H,24,25)/t17-,18+/m1/s1. The summed E-state index contributed by atoms with van der Waals surface area (Å²) < 4.78 is 58.6. The highest BCUT2D eigenvalue weighted by atomic mass is 19.3. The minimum Gasteiger partial charge on any atom is -0.493 e. The number of imidazole rings is 1. The Hall–Kier alpha value is -3.14. The molecule has 0 spiro atoms. The molecule has 6 nitrogen and oxygen atoms in total. The number of aliphatic hydroxyl groups excluding tert-OH is 1. The zero-order valence-electron chi connectivity index (χ0n) is 14.8. The minimum atomic E-state index is -2.60. The van der Waals surface area contributed by atoms with E-state index in [0.717, 1.165) is 17.0 Å². The van der Waals surface area contributed by atoms with Gasteiger partial charge < -0.3 is 14.8 Å². The molecule has 1 aromatic heterocycles. The first-order valence-electron chi connectivity index (χ1n) is 8.71. The van der Waals surface area contributed by atoms with Crippen molar-refractivity contribution in [2.45, 2.75) is 25.0 Å². The molecule has 0 unspecified atom stereocenters. The molecule has 10 heteroatoms. The number of hydrogen-bond acceptors (Lipinski definition) is 4. The third-order valence-corrected chi connectivity index (χ3v) is 4.70. The molecular formula is C19H15F4N3O3. The van der Waals surface area contributed by atoms with Crippen LogP contribution in [-0.2, 0) is 4.79 Å². The van der Waals surface area contributed by atoms with Gasteiger partial charge in [0.2, 0.25) is 6.43 Å². The molecule has 1 aliphatic rings. The Morgan fingerprint density at radius 2 is 1.93 bits per heavy atom. The van der Waals surface area contributed by atoms with Crippen LogP contribution in [0.4, 0.5) is 23.2 Å². The Balaban J connectivity index is 1.64. The predicted molar refractivity (Wildman–Crippen MR) is 94.8 cm³/mol.